The fourth-order valence-corrected chi connectivity index (χ4v) is 3.12. The van der Waals surface area contributed by atoms with E-state index in [1.165, 1.54) is 10.4 Å². The lowest BCUT2D eigenvalue weighted by Gasteiger charge is -2.16. The summed E-state index contributed by atoms with van der Waals surface area (Å²) in [6.45, 7) is 5.44. The largest absolute Gasteiger partial charge is 0.383 e. The van der Waals surface area contributed by atoms with E-state index in [4.69, 9.17) is 4.74 Å². The van der Waals surface area contributed by atoms with Crippen molar-refractivity contribution in [2.45, 2.75) is 32.9 Å². The quantitative estimate of drug-likeness (QED) is 0.772. The maximum absolute atomic E-state index is 12.3. The van der Waals surface area contributed by atoms with E-state index < -0.39 is 0 Å². The van der Waals surface area contributed by atoms with Gasteiger partial charge in [-0.25, -0.2) is 0 Å². The molecule has 1 heterocycles. The van der Waals surface area contributed by atoms with Crippen molar-refractivity contribution in [2.24, 2.45) is 0 Å². The molecule has 0 aliphatic carbocycles. The molecule has 0 radical (unpaired) electrons. The number of amides is 1. The van der Waals surface area contributed by atoms with E-state index in [0.29, 0.717) is 12.2 Å². The van der Waals surface area contributed by atoms with E-state index >= 15 is 0 Å². The Balaban J connectivity index is 1.98. The molecule has 0 aliphatic heterocycles. The molecule has 1 aromatic heterocycles. The lowest BCUT2D eigenvalue weighted by atomic mass is 10.1. The predicted octanol–water partition coefficient (Wildman–Crippen LogP) is 3.82. The number of benzene rings is 1. The molecule has 0 saturated carbocycles. The predicted molar refractivity (Wildman–Crippen MR) is 96.2 cm³/mol. The minimum absolute atomic E-state index is 0.0397. The first-order valence-corrected chi connectivity index (χ1v) is 8.68. The highest BCUT2D eigenvalue weighted by Crippen LogP contribution is 2.18. The highest BCUT2D eigenvalue weighted by molar-refractivity contribution is 7.10. The van der Waals surface area contributed by atoms with Crippen LogP contribution in [0, 0.1) is 6.92 Å². The first-order valence-electron chi connectivity index (χ1n) is 7.80. The monoisotopic (exact) mass is 332 g/mol. The highest BCUT2D eigenvalue weighted by Gasteiger charge is 2.12. The van der Waals surface area contributed by atoms with Crippen molar-refractivity contribution >= 4 is 22.9 Å². The summed E-state index contributed by atoms with van der Waals surface area (Å²) in [5, 5.41) is 8.48. The van der Waals surface area contributed by atoms with Crippen LogP contribution in [0.25, 0.3) is 0 Å². The van der Waals surface area contributed by atoms with Crippen LogP contribution >= 0.6 is 11.3 Å². The van der Waals surface area contributed by atoms with E-state index in [1.54, 1.807) is 18.4 Å². The molecule has 5 heteroatoms. The van der Waals surface area contributed by atoms with Crippen molar-refractivity contribution in [2.75, 3.05) is 19.0 Å². The number of nitrogens with one attached hydrogen (secondary N) is 2. The molecule has 0 bridgehead atoms. The van der Waals surface area contributed by atoms with Gasteiger partial charge in [0.1, 0.15) is 0 Å². The zero-order chi connectivity index (χ0) is 16.7. The Kier molecular flexibility index (Phi) is 6.62. The van der Waals surface area contributed by atoms with E-state index in [-0.39, 0.29) is 11.9 Å². The number of carbonyl (C=O) groups is 1. The summed E-state index contributed by atoms with van der Waals surface area (Å²) in [7, 11) is 1.64. The van der Waals surface area contributed by atoms with E-state index in [0.717, 1.165) is 18.7 Å². The zero-order valence-electron chi connectivity index (χ0n) is 13.9. The van der Waals surface area contributed by atoms with Crippen LogP contribution in [0.1, 0.15) is 34.1 Å². The molecule has 1 amide bonds. The normalized spacial score (nSPS) is 12.0. The van der Waals surface area contributed by atoms with Gasteiger partial charge in [-0.2, -0.15) is 0 Å². The van der Waals surface area contributed by atoms with Gasteiger partial charge >= 0.3 is 0 Å². The average molecular weight is 332 g/mol. The third-order valence-electron chi connectivity index (χ3n) is 3.74. The van der Waals surface area contributed by atoms with Gasteiger partial charge in [0, 0.05) is 29.8 Å². The van der Waals surface area contributed by atoms with Crippen molar-refractivity contribution in [3.8, 4) is 0 Å². The molecule has 0 spiro atoms. The molecule has 4 nitrogen and oxygen atoms in total. The molecule has 2 aromatic rings. The molecule has 1 atom stereocenters. The van der Waals surface area contributed by atoms with Crippen LogP contribution in [0.5, 0.6) is 0 Å². The Bertz CT molecular complexity index is 639. The lowest BCUT2D eigenvalue weighted by Crippen LogP contribution is -2.37. The van der Waals surface area contributed by atoms with Gasteiger partial charge in [-0.1, -0.05) is 13.0 Å². The van der Waals surface area contributed by atoms with E-state index in [9.17, 15) is 4.79 Å². The zero-order valence-corrected chi connectivity index (χ0v) is 14.7. The Morgan fingerprint density at radius 3 is 2.83 bits per heavy atom. The van der Waals surface area contributed by atoms with Gasteiger partial charge in [-0.05, 0) is 48.6 Å². The summed E-state index contributed by atoms with van der Waals surface area (Å²) in [5.41, 5.74) is 2.90. The summed E-state index contributed by atoms with van der Waals surface area (Å²) in [6, 6.07) is 9.75. The third kappa shape index (κ3) is 5.08. The highest BCUT2D eigenvalue weighted by atomic mass is 32.1. The van der Waals surface area contributed by atoms with Crippen molar-refractivity contribution in [3.63, 3.8) is 0 Å². The van der Waals surface area contributed by atoms with Crippen LogP contribution in [0.15, 0.2) is 35.7 Å². The summed E-state index contributed by atoms with van der Waals surface area (Å²) < 4.78 is 5.12. The van der Waals surface area contributed by atoms with Gasteiger partial charge in [0.05, 0.1) is 12.6 Å². The SMILES string of the molecule is CC[C@@H](COC)NC(=O)c1cccc(NCc2sccc2C)c1. The van der Waals surface area contributed by atoms with Crippen LogP contribution in [0.4, 0.5) is 5.69 Å². The average Bonchev–Trinajstić information content (AvgIpc) is 2.97. The second-order valence-electron chi connectivity index (χ2n) is 5.50. The van der Waals surface area contributed by atoms with Crippen LogP contribution in [-0.4, -0.2) is 25.7 Å². The number of carbonyl (C=O) groups excluding carboxylic acids is 1. The molecule has 0 aliphatic rings. The fourth-order valence-electron chi connectivity index (χ4n) is 2.27. The molecule has 23 heavy (non-hydrogen) atoms. The summed E-state index contributed by atoms with van der Waals surface area (Å²) in [6.07, 6.45) is 0.842. The van der Waals surface area contributed by atoms with Crippen LogP contribution < -0.4 is 10.6 Å². The van der Waals surface area contributed by atoms with Crippen LogP contribution in [0.3, 0.4) is 0 Å². The number of rotatable bonds is 8. The summed E-state index contributed by atoms with van der Waals surface area (Å²) in [4.78, 5) is 13.6. The Hall–Kier alpha value is -1.85. The number of ether oxygens (including phenoxy) is 1. The first-order chi connectivity index (χ1) is 11.1. The lowest BCUT2D eigenvalue weighted by molar-refractivity contribution is 0.0894. The topological polar surface area (TPSA) is 50.4 Å². The second kappa shape index (κ2) is 8.70. The fraction of sp³-hybridized carbons (Fsp3) is 0.389. The standard InChI is InChI=1S/C18H24N2O2S/c1-4-15(12-22-3)20-18(21)14-6-5-7-16(10-14)19-11-17-13(2)8-9-23-17/h5-10,15,19H,4,11-12H2,1-3H3,(H,20,21)/t15-/m0/s1. The molecular weight excluding hydrogens is 308 g/mol. The number of hydrogen-bond donors (Lipinski definition) is 2. The minimum atomic E-state index is -0.0649. The third-order valence-corrected chi connectivity index (χ3v) is 4.76. The molecular formula is C18H24N2O2S. The summed E-state index contributed by atoms with van der Waals surface area (Å²) in [5.74, 6) is -0.0649. The maximum atomic E-state index is 12.3. The van der Waals surface area contributed by atoms with Crippen LogP contribution in [-0.2, 0) is 11.3 Å². The van der Waals surface area contributed by atoms with Crippen molar-refractivity contribution in [3.05, 3.63) is 51.7 Å². The van der Waals surface area contributed by atoms with Gasteiger partial charge in [0.15, 0.2) is 0 Å². The van der Waals surface area contributed by atoms with E-state index in [1.807, 2.05) is 31.2 Å². The number of aryl methyl sites for hydroxylation is 1. The molecule has 2 N–H and O–H groups in total. The van der Waals surface area contributed by atoms with E-state index in [2.05, 4.69) is 29.0 Å². The van der Waals surface area contributed by atoms with Gasteiger partial charge in [0.25, 0.3) is 5.91 Å². The number of anilines is 1. The molecule has 124 valence electrons. The minimum Gasteiger partial charge on any atom is -0.383 e. The number of hydrogen-bond acceptors (Lipinski definition) is 4. The molecule has 0 fully saturated rings. The van der Waals surface area contributed by atoms with Crippen molar-refractivity contribution in [1.82, 2.24) is 5.32 Å². The molecule has 0 saturated heterocycles. The van der Waals surface area contributed by atoms with Gasteiger partial charge in [0.2, 0.25) is 0 Å². The molecule has 1 aromatic carbocycles. The van der Waals surface area contributed by atoms with Crippen molar-refractivity contribution in [1.29, 1.82) is 0 Å². The Morgan fingerprint density at radius 1 is 1.35 bits per heavy atom. The van der Waals surface area contributed by atoms with Gasteiger partial charge in [-0.15, -0.1) is 11.3 Å². The van der Waals surface area contributed by atoms with Gasteiger partial charge < -0.3 is 15.4 Å². The number of methoxy groups -OCH3 is 1. The Morgan fingerprint density at radius 2 is 2.17 bits per heavy atom. The first kappa shape index (κ1) is 17.5. The Labute approximate surface area is 141 Å². The molecule has 0 unspecified atom stereocenters. The summed E-state index contributed by atoms with van der Waals surface area (Å²) >= 11 is 1.74. The van der Waals surface area contributed by atoms with Crippen molar-refractivity contribution < 1.29 is 9.53 Å². The van der Waals surface area contributed by atoms with Gasteiger partial charge in [-0.3, -0.25) is 4.79 Å². The van der Waals surface area contributed by atoms with Crippen LogP contribution in [0.2, 0.25) is 0 Å². The smallest absolute Gasteiger partial charge is 0.251 e. The second-order valence-corrected chi connectivity index (χ2v) is 6.50. The number of thiophene rings is 1. The maximum Gasteiger partial charge on any atom is 0.251 e. The molecule has 2 rings (SSSR count).